The van der Waals surface area contributed by atoms with E-state index < -0.39 is 0 Å². The summed E-state index contributed by atoms with van der Waals surface area (Å²) in [5.41, 5.74) is 2.16. The molecule has 0 aliphatic carbocycles. The third kappa shape index (κ3) is 2.63. The number of alkyl halides is 3. The van der Waals surface area contributed by atoms with Crippen LogP contribution in [0, 0.1) is 0 Å². The summed E-state index contributed by atoms with van der Waals surface area (Å²) in [6.45, 7) is 0. The van der Waals surface area contributed by atoms with Gasteiger partial charge in [0.15, 0.2) is 0 Å². The Morgan fingerprint density at radius 2 is 2.00 bits per heavy atom. The van der Waals surface area contributed by atoms with Gasteiger partial charge >= 0.3 is 0 Å². The summed E-state index contributed by atoms with van der Waals surface area (Å²) in [6.07, 6.45) is 0. The van der Waals surface area contributed by atoms with Gasteiger partial charge in [-0.3, -0.25) is 0 Å². The zero-order valence-corrected chi connectivity index (χ0v) is 10.7. The fraction of sp³-hybridized carbons (Fsp3) is 0.250. The molecule has 12 heavy (non-hydrogen) atoms. The monoisotopic (exact) mass is 330 g/mol. The number of hydrogen-bond donors (Lipinski definition) is 0. The fourth-order valence-corrected chi connectivity index (χ4v) is 2.17. The van der Waals surface area contributed by atoms with Gasteiger partial charge in [-0.25, -0.2) is 0 Å². The second kappa shape index (κ2) is 4.85. The zero-order chi connectivity index (χ0) is 9.14. The van der Waals surface area contributed by atoms with E-state index in [-0.39, 0.29) is 3.74 Å². The van der Waals surface area contributed by atoms with Gasteiger partial charge in [0.1, 0.15) is 0 Å². The lowest BCUT2D eigenvalue weighted by molar-refractivity contribution is 1.28. The molecule has 0 N–H and O–H groups in total. The summed E-state index contributed by atoms with van der Waals surface area (Å²) in [7, 11) is 0. The molecule has 0 aliphatic heterocycles. The fourth-order valence-electron chi connectivity index (χ4n) is 0.891. The molecule has 0 amide bonds. The second-order valence-corrected chi connectivity index (χ2v) is 6.04. The Labute approximate surface area is 98.5 Å². The van der Waals surface area contributed by atoms with Gasteiger partial charge in [0.25, 0.3) is 0 Å². The molecule has 0 heterocycles. The van der Waals surface area contributed by atoms with Gasteiger partial charge < -0.3 is 0 Å². The first-order chi connectivity index (χ1) is 5.65. The highest BCUT2D eigenvalue weighted by molar-refractivity contribution is 9.24. The van der Waals surface area contributed by atoms with E-state index >= 15 is 0 Å². The third-order valence-corrected chi connectivity index (χ3v) is 3.00. The first-order valence-corrected chi connectivity index (χ1v) is 6.02. The maximum absolute atomic E-state index is 5.83. The molecule has 0 aromatic heterocycles. The molecule has 0 aliphatic rings. The van der Waals surface area contributed by atoms with E-state index in [1.807, 2.05) is 18.2 Å². The molecule has 1 aromatic rings. The van der Waals surface area contributed by atoms with E-state index in [0.29, 0.717) is 5.88 Å². The van der Waals surface area contributed by atoms with Crippen LogP contribution >= 0.6 is 55.1 Å². The Balaban J connectivity index is 3.12. The number of halogens is 4. The summed E-state index contributed by atoms with van der Waals surface area (Å²) in [5, 5.41) is 0.725. The lowest BCUT2D eigenvalue weighted by Crippen LogP contribution is -1.89. The van der Waals surface area contributed by atoms with Crippen molar-refractivity contribution in [2.45, 2.75) is 9.62 Å². The Bertz CT molecular complexity index is 274. The van der Waals surface area contributed by atoms with Crippen LogP contribution < -0.4 is 0 Å². The first-order valence-electron chi connectivity index (χ1n) is 3.27. The normalized spacial score (nSPS) is 10.8. The van der Waals surface area contributed by atoms with Crippen LogP contribution in [0.5, 0.6) is 0 Å². The summed E-state index contributed by atoms with van der Waals surface area (Å²) >= 11 is 18.4. The van der Waals surface area contributed by atoms with Crippen molar-refractivity contribution in [1.82, 2.24) is 0 Å². The van der Waals surface area contributed by atoms with Crippen LogP contribution in [0.2, 0.25) is 5.02 Å². The lowest BCUT2D eigenvalue weighted by atomic mass is 10.1. The van der Waals surface area contributed by atoms with Crippen LogP contribution in [0.15, 0.2) is 18.2 Å². The van der Waals surface area contributed by atoms with E-state index in [9.17, 15) is 0 Å². The minimum absolute atomic E-state index is 0.109. The Kier molecular flexibility index (Phi) is 4.38. The van der Waals surface area contributed by atoms with Crippen LogP contribution in [0.3, 0.4) is 0 Å². The van der Waals surface area contributed by atoms with E-state index in [0.717, 1.165) is 16.1 Å². The predicted octanol–water partition coefficient (Wildman–Crippen LogP) is 4.87. The van der Waals surface area contributed by atoms with E-state index in [1.165, 1.54) is 0 Å². The molecule has 66 valence electrons. The molecular weight excluding hydrogens is 327 g/mol. The molecular formula is C8H6Br2Cl2. The van der Waals surface area contributed by atoms with Crippen LogP contribution in [0.25, 0.3) is 0 Å². The zero-order valence-electron chi connectivity index (χ0n) is 6.03. The Morgan fingerprint density at radius 1 is 1.33 bits per heavy atom. The van der Waals surface area contributed by atoms with E-state index in [1.54, 1.807) is 0 Å². The van der Waals surface area contributed by atoms with Crippen molar-refractivity contribution in [2.75, 3.05) is 0 Å². The standard InChI is InChI=1S/C8H6Br2Cl2/c9-8(10)7-3-6(12)2-1-5(7)4-11/h1-3,8H,4H2. The van der Waals surface area contributed by atoms with E-state index in [4.69, 9.17) is 23.2 Å². The van der Waals surface area contributed by atoms with Crippen LogP contribution in [0.4, 0.5) is 0 Å². The number of hydrogen-bond acceptors (Lipinski definition) is 0. The minimum atomic E-state index is 0.109. The molecule has 0 atom stereocenters. The molecule has 0 nitrogen and oxygen atoms in total. The second-order valence-electron chi connectivity index (χ2n) is 2.28. The van der Waals surface area contributed by atoms with Crippen molar-refractivity contribution in [3.05, 3.63) is 34.3 Å². The van der Waals surface area contributed by atoms with Crippen LogP contribution in [0.1, 0.15) is 14.9 Å². The van der Waals surface area contributed by atoms with Crippen molar-refractivity contribution in [1.29, 1.82) is 0 Å². The van der Waals surface area contributed by atoms with Gasteiger partial charge in [-0.1, -0.05) is 49.5 Å². The topological polar surface area (TPSA) is 0 Å². The quantitative estimate of drug-likeness (QED) is 0.678. The maximum atomic E-state index is 5.83. The molecule has 0 unspecified atom stereocenters. The number of benzene rings is 1. The van der Waals surface area contributed by atoms with Crippen molar-refractivity contribution >= 4 is 55.1 Å². The van der Waals surface area contributed by atoms with Gasteiger partial charge in [0, 0.05) is 10.9 Å². The van der Waals surface area contributed by atoms with Crippen molar-refractivity contribution in [3.63, 3.8) is 0 Å². The molecule has 4 heteroatoms. The average Bonchev–Trinajstić information content (AvgIpc) is 2.04. The summed E-state index contributed by atoms with van der Waals surface area (Å²) in [6, 6.07) is 5.67. The van der Waals surface area contributed by atoms with E-state index in [2.05, 4.69) is 31.9 Å². The molecule has 1 rings (SSSR count). The van der Waals surface area contributed by atoms with Gasteiger partial charge in [0.05, 0.1) is 3.74 Å². The van der Waals surface area contributed by atoms with Crippen molar-refractivity contribution < 1.29 is 0 Å². The summed E-state index contributed by atoms with van der Waals surface area (Å²) < 4.78 is 0.109. The van der Waals surface area contributed by atoms with Crippen molar-refractivity contribution in [2.24, 2.45) is 0 Å². The summed E-state index contributed by atoms with van der Waals surface area (Å²) in [4.78, 5) is 0. The first kappa shape index (κ1) is 10.8. The van der Waals surface area contributed by atoms with Gasteiger partial charge in [-0.15, -0.1) is 11.6 Å². The average molecular weight is 333 g/mol. The maximum Gasteiger partial charge on any atom is 0.0950 e. The molecule has 0 saturated carbocycles. The highest BCUT2D eigenvalue weighted by atomic mass is 79.9. The number of rotatable bonds is 2. The molecule has 0 saturated heterocycles. The largest absolute Gasteiger partial charge is 0.122 e. The minimum Gasteiger partial charge on any atom is -0.122 e. The molecule has 0 bridgehead atoms. The third-order valence-electron chi connectivity index (χ3n) is 1.49. The van der Waals surface area contributed by atoms with Gasteiger partial charge in [-0.2, -0.15) is 0 Å². The predicted molar refractivity (Wildman–Crippen MR) is 61.6 cm³/mol. The SMILES string of the molecule is ClCc1ccc(Cl)cc1C(Br)Br. The molecule has 0 spiro atoms. The van der Waals surface area contributed by atoms with Crippen LogP contribution in [-0.4, -0.2) is 0 Å². The Hall–Kier alpha value is 0.760. The highest BCUT2D eigenvalue weighted by Gasteiger charge is 2.08. The molecule has 0 radical (unpaired) electrons. The highest BCUT2D eigenvalue weighted by Crippen LogP contribution is 2.33. The van der Waals surface area contributed by atoms with Gasteiger partial charge in [-0.05, 0) is 23.3 Å². The van der Waals surface area contributed by atoms with Crippen molar-refractivity contribution in [3.8, 4) is 0 Å². The molecule has 1 aromatic carbocycles. The molecule has 0 fully saturated rings. The lowest BCUT2D eigenvalue weighted by Gasteiger charge is -2.07. The van der Waals surface area contributed by atoms with Crippen LogP contribution in [-0.2, 0) is 5.88 Å². The Morgan fingerprint density at radius 3 is 2.50 bits per heavy atom. The smallest absolute Gasteiger partial charge is 0.0950 e. The summed E-state index contributed by atoms with van der Waals surface area (Å²) in [5.74, 6) is 0.500. The van der Waals surface area contributed by atoms with Gasteiger partial charge in [0.2, 0.25) is 0 Å².